The fourth-order valence-electron chi connectivity index (χ4n) is 4.31. The van der Waals surface area contributed by atoms with E-state index in [1.165, 1.54) is 12.8 Å². The second-order valence-electron chi connectivity index (χ2n) is 7.94. The van der Waals surface area contributed by atoms with Crippen LogP contribution in [0.3, 0.4) is 0 Å². The number of guanidine groups is 1. The van der Waals surface area contributed by atoms with Crippen molar-refractivity contribution in [2.45, 2.75) is 44.7 Å². The third kappa shape index (κ3) is 5.53. The standard InChI is InChI=1S/C22H30N6O.HI/c1-23-22(24-15-17-6-4-9-20(14-17)28-12-5-11-25-28)26-19-10-13-27(16-19)21(29)18-7-2-3-8-18;/h4-6,9,11-12,14,18-19H,2-3,7-8,10,13,15-16H2,1H3,(H2,23,24,26);1H. The average Bonchev–Trinajstić information content (AvgIpc) is 3.53. The molecule has 1 saturated heterocycles. The monoisotopic (exact) mass is 522 g/mol. The van der Waals surface area contributed by atoms with Crippen LogP contribution < -0.4 is 10.6 Å². The first-order chi connectivity index (χ1) is 14.2. The van der Waals surface area contributed by atoms with E-state index in [1.807, 2.05) is 34.0 Å². The van der Waals surface area contributed by atoms with E-state index in [2.05, 4.69) is 32.9 Å². The zero-order valence-corrected chi connectivity index (χ0v) is 19.8. The van der Waals surface area contributed by atoms with E-state index >= 15 is 0 Å². The van der Waals surface area contributed by atoms with Crippen molar-refractivity contribution in [3.63, 3.8) is 0 Å². The molecule has 2 aromatic rings. The number of halogens is 1. The highest BCUT2D eigenvalue weighted by Crippen LogP contribution is 2.27. The lowest BCUT2D eigenvalue weighted by molar-refractivity contribution is -0.134. The van der Waals surface area contributed by atoms with Crippen molar-refractivity contribution in [2.24, 2.45) is 10.9 Å². The summed E-state index contributed by atoms with van der Waals surface area (Å²) < 4.78 is 1.85. The first-order valence-corrected chi connectivity index (χ1v) is 10.6. The van der Waals surface area contributed by atoms with Crippen molar-refractivity contribution in [1.29, 1.82) is 0 Å². The highest BCUT2D eigenvalue weighted by atomic mass is 127. The first-order valence-electron chi connectivity index (χ1n) is 10.6. The molecule has 1 aliphatic carbocycles. The third-order valence-corrected chi connectivity index (χ3v) is 5.91. The van der Waals surface area contributed by atoms with Crippen molar-refractivity contribution < 1.29 is 4.79 Å². The van der Waals surface area contributed by atoms with Crippen LogP contribution in [-0.4, -0.2) is 52.7 Å². The van der Waals surface area contributed by atoms with Gasteiger partial charge in [-0.15, -0.1) is 24.0 Å². The molecular weight excluding hydrogens is 491 g/mol. The number of likely N-dealkylation sites (tertiary alicyclic amines) is 1. The topological polar surface area (TPSA) is 74.6 Å². The Bertz CT molecular complexity index is 847. The Kier molecular flexibility index (Phi) is 8.12. The molecule has 30 heavy (non-hydrogen) atoms. The van der Waals surface area contributed by atoms with Crippen molar-refractivity contribution in [3.05, 3.63) is 48.3 Å². The van der Waals surface area contributed by atoms with Crippen molar-refractivity contribution in [2.75, 3.05) is 20.1 Å². The molecule has 0 spiro atoms. The normalized spacial score (nSPS) is 19.6. The summed E-state index contributed by atoms with van der Waals surface area (Å²) in [5.41, 5.74) is 2.19. The molecule has 1 amide bonds. The van der Waals surface area contributed by atoms with Gasteiger partial charge in [0.2, 0.25) is 5.91 Å². The number of nitrogens with one attached hydrogen (secondary N) is 2. The van der Waals surface area contributed by atoms with Gasteiger partial charge in [0.15, 0.2) is 5.96 Å². The summed E-state index contributed by atoms with van der Waals surface area (Å²) >= 11 is 0. The van der Waals surface area contributed by atoms with Gasteiger partial charge in [0.1, 0.15) is 0 Å². The van der Waals surface area contributed by atoms with E-state index in [4.69, 9.17) is 0 Å². The summed E-state index contributed by atoms with van der Waals surface area (Å²) in [5.74, 6) is 1.38. The van der Waals surface area contributed by atoms with E-state index < -0.39 is 0 Å². The predicted octanol–water partition coefficient (Wildman–Crippen LogP) is 2.95. The number of benzene rings is 1. The molecule has 1 atom stereocenters. The molecule has 1 aliphatic heterocycles. The van der Waals surface area contributed by atoms with E-state index in [-0.39, 0.29) is 35.9 Å². The minimum Gasteiger partial charge on any atom is -0.352 e. The maximum atomic E-state index is 12.6. The maximum Gasteiger partial charge on any atom is 0.225 e. The van der Waals surface area contributed by atoms with Gasteiger partial charge in [-0.25, -0.2) is 4.68 Å². The van der Waals surface area contributed by atoms with Crippen LogP contribution in [0.5, 0.6) is 0 Å². The van der Waals surface area contributed by atoms with E-state index in [1.54, 1.807) is 13.2 Å². The Balaban J connectivity index is 0.00000256. The Hall–Kier alpha value is -2.10. The van der Waals surface area contributed by atoms with Gasteiger partial charge in [-0.2, -0.15) is 5.10 Å². The molecular formula is C22H31IN6O. The number of aliphatic imine (C=N–C) groups is 1. The molecule has 1 aromatic carbocycles. The minimum absolute atomic E-state index is 0. The number of amides is 1. The number of carbonyl (C=O) groups is 1. The quantitative estimate of drug-likeness (QED) is 0.360. The number of carbonyl (C=O) groups excluding carboxylic acids is 1. The zero-order chi connectivity index (χ0) is 20.1. The number of nitrogens with zero attached hydrogens (tertiary/aromatic N) is 4. The molecule has 0 bridgehead atoms. The lowest BCUT2D eigenvalue weighted by Crippen LogP contribution is -2.45. The summed E-state index contributed by atoms with van der Waals surface area (Å²) in [4.78, 5) is 19.0. The first kappa shape index (κ1) is 22.6. The van der Waals surface area contributed by atoms with Crippen LogP contribution in [0.15, 0.2) is 47.7 Å². The van der Waals surface area contributed by atoms with Crippen LogP contribution in [0.4, 0.5) is 0 Å². The molecule has 2 N–H and O–H groups in total. The SMILES string of the molecule is CN=C(NCc1cccc(-n2cccn2)c1)NC1CCN(C(=O)C2CCCC2)C1.I. The lowest BCUT2D eigenvalue weighted by Gasteiger charge is -2.21. The number of rotatable bonds is 5. The van der Waals surface area contributed by atoms with Gasteiger partial charge in [0.25, 0.3) is 0 Å². The molecule has 1 aromatic heterocycles. The summed E-state index contributed by atoms with van der Waals surface area (Å²) in [6, 6.07) is 10.4. The van der Waals surface area contributed by atoms with Crippen molar-refractivity contribution in [1.82, 2.24) is 25.3 Å². The van der Waals surface area contributed by atoms with Gasteiger partial charge in [0.05, 0.1) is 5.69 Å². The molecule has 162 valence electrons. The second-order valence-corrected chi connectivity index (χ2v) is 7.94. The summed E-state index contributed by atoms with van der Waals surface area (Å²) in [6.45, 7) is 2.28. The Morgan fingerprint density at radius 2 is 2.07 bits per heavy atom. The fraction of sp³-hybridized carbons (Fsp3) is 0.500. The summed E-state index contributed by atoms with van der Waals surface area (Å²) in [5, 5.41) is 11.2. The van der Waals surface area contributed by atoms with Gasteiger partial charge < -0.3 is 15.5 Å². The molecule has 7 nitrogen and oxygen atoms in total. The summed E-state index contributed by atoms with van der Waals surface area (Å²) in [6.07, 6.45) is 9.20. The van der Waals surface area contributed by atoms with Crippen LogP contribution in [-0.2, 0) is 11.3 Å². The molecule has 2 fully saturated rings. The van der Waals surface area contributed by atoms with Gasteiger partial charge in [-0.05, 0) is 43.0 Å². The molecule has 0 radical (unpaired) electrons. The van der Waals surface area contributed by atoms with Crippen LogP contribution in [0.25, 0.3) is 5.69 Å². The van der Waals surface area contributed by atoms with E-state index in [9.17, 15) is 4.79 Å². The van der Waals surface area contributed by atoms with Crippen molar-refractivity contribution >= 4 is 35.8 Å². The van der Waals surface area contributed by atoms with Gasteiger partial charge >= 0.3 is 0 Å². The minimum atomic E-state index is 0. The average molecular weight is 522 g/mol. The largest absolute Gasteiger partial charge is 0.352 e. The molecule has 1 unspecified atom stereocenters. The molecule has 2 heterocycles. The lowest BCUT2D eigenvalue weighted by atomic mass is 10.1. The molecule has 2 aliphatic rings. The molecule has 1 saturated carbocycles. The van der Waals surface area contributed by atoms with Crippen LogP contribution in [0, 0.1) is 5.92 Å². The highest BCUT2D eigenvalue weighted by Gasteiger charge is 2.32. The highest BCUT2D eigenvalue weighted by molar-refractivity contribution is 14.0. The van der Waals surface area contributed by atoms with Gasteiger partial charge in [-0.3, -0.25) is 9.79 Å². The number of hydrogen-bond acceptors (Lipinski definition) is 3. The van der Waals surface area contributed by atoms with Crippen LogP contribution >= 0.6 is 24.0 Å². The van der Waals surface area contributed by atoms with E-state index in [0.717, 1.165) is 49.6 Å². The third-order valence-electron chi connectivity index (χ3n) is 5.91. The number of hydrogen-bond donors (Lipinski definition) is 2. The molecule has 4 rings (SSSR count). The van der Waals surface area contributed by atoms with Crippen molar-refractivity contribution in [3.8, 4) is 5.69 Å². The fourth-order valence-corrected chi connectivity index (χ4v) is 4.31. The predicted molar refractivity (Wildman–Crippen MR) is 129 cm³/mol. The zero-order valence-electron chi connectivity index (χ0n) is 17.5. The Morgan fingerprint density at radius 3 is 2.80 bits per heavy atom. The van der Waals surface area contributed by atoms with Crippen LogP contribution in [0.1, 0.15) is 37.7 Å². The Labute approximate surface area is 195 Å². The van der Waals surface area contributed by atoms with E-state index in [0.29, 0.717) is 12.5 Å². The maximum absolute atomic E-state index is 12.6. The molecule has 8 heteroatoms. The summed E-state index contributed by atoms with van der Waals surface area (Å²) in [7, 11) is 1.78. The van der Waals surface area contributed by atoms with Crippen LogP contribution in [0.2, 0.25) is 0 Å². The second kappa shape index (κ2) is 10.8. The smallest absolute Gasteiger partial charge is 0.225 e. The number of aromatic nitrogens is 2. The Morgan fingerprint density at radius 1 is 1.23 bits per heavy atom. The van der Waals surface area contributed by atoms with Gasteiger partial charge in [-0.1, -0.05) is 25.0 Å². The van der Waals surface area contributed by atoms with Gasteiger partial charge in [0, 0.05) is 51.0 Å².